The fourth-order valence-corrected chi connectivity index (χ4v) is 2.10. The van der Waals surface area contributed by atoms with Gasteiger partial charge in [-0.25, -0.2) is 13.6 Å². The molecule has 4 nitrogen and oxygen atoms in total. The Morgan fingerprint density at radius 3 is 2.81 bits per heavy atom. The van der Waals surface area contributed by atoms with Gasteiger partial charge < -0.3 is 4.74 Å². The number of carbonyl (C=O) groups excluding carboxylic acids is 1. The maximum absolute atomic E-state index is 13.2. The Balaban J connectivity index is 2.34. The topological polar surface area (TPSA) is 44.1 Å². The fourth-order valence-electron chi connectivity index (χ4n) is 2.10. The van der Waals surface area contributed by atoms with E-state index in [2.05, 4.69) is 5.10 Å². The number of rotatable bonds is 5. The maximum atomic E-state index is 13.2. The molecule has 0 radical (unpaired) electrons. The monoisotopic (exact) mass is 294 g/mol. The lowest BCUT2D eigenvalue weighted by atomic mass is 10.1. The Labute approximate surface area is 121 Å². The molecule has 2 rings (SSSR count). The van der Waals surface area contributed by atoms with E-state index in [0.29, 0.717) is 0 Å². The SMILES string of the molecule is CCOC(=O)c1cnn(Cc2cccc(C)c2)c1C(F)F. The second kappa shape index (κ2) is 6.47. The zero-order valence-corrected chi connectivity index (χ0v) is 11.8. The highest BCUT2D eigenvalue weighted by atomic mass is 19.3. The van der Waals surface area contributed by atoms with Gasteiger partial charge in [-0.2, -0.15) is 5.10 Å². The molecule has 6 heteroatoms. The van der Waals surface area contributed by atoms with Gasteiger partial charge in [0.05, 0.1) is 19.3 Å². The van der Waals surface area contributed by atoms with Crippen molar-refractivity contribution in [3.05, 3.63) is 52.8 Å². The normalized spacial score (nSPS) is 10.9. The van der Waals surface area contributed by atoms with Crippen molar-refractivity contribution >= 4 is 5.97 Å². The minimum atomic E-state index is -2.79. The van der Waals surface area contributed by atoms with Gasteiger partial charge in [-0.3, -0.25) is 4.68 Å². The number of aryl methyl sites for hydroxylation is 1. The summed E-state index contributed by atoms with van der Waals surface area (Å²) in [7, 11) is 0. The standard InChI is InChI=1S/C15H16F2N2O2/c1-3-21-15(20)12-8-18-19(13(12)14(16)17)9-11-6-4-5-10(2)7-11/h4-8,14H,3,9H2,1-2H3. The van der Waals surface area contributed by atoms with Gasteiger partial charge >= 0.3 is 5.97 Å². The summed E-state index contributed by atoms with van der Waals surface area (Å²) >= 11 is 0. The lowest BCUT2D eigenvalue weighted by Gasteiger charge is -2.09. The van der Waals surface area contributed by atoms with Gasteiger partial charge in [-0.1, -0.05) is 29.8 Å². The van der Waals surface area contributed by atoms with Crippen molar-refractivity contribution < 1.29 is 18.3 Å². The molecular weight excluding hydrogens is 278 g/mol. The van der Waals surface area contributed by atoms with Crippen LogP contribution in [0, 0.1) is 6.92 Å². The molecule has 0 spiro atoms. The zero-order valence-electron chi connectivity index (χ0n) is 11.8. The first-order valence-corrected chi connectivity index (χ1v) is 6.59. The minimum Gasteiger partial charge on any atom is -0.462 e. The highest BCUT2D eigenvalue weighted by Gasteiger charge is 2.25. The van der Waals surface area contributed by atoms with Crippen LogP contribution in [0.4, 0.5) is 8.78 Å². The van der Waals surface area contributed by atoms with Gasteiger partial charge in [0.15, 0.2) is 0 Å². The molecule has 2 aromatic rings. The number of ether oxygens (including phenoxy) is 1. The number of halogens is 2. The maximum Gasteiger partial charge on any atom is 0.341 e. The number of nitrogens with zero attached hydrogens (tertiary/aromatic N) is 2. The van der Waals surface area contributed by atoms with Crippen LogP contribution in [0.5, 0.6) is 0 Å². The van der Waals surface area contributed by atoms with Crippen molar-refractivity contribution in [1.82, 2.24) is 9.78 Å². The lowest BCUT2D eigenvalue weighted by Crippen LogP contribution is -2.12. The van der Waals surface area contributed by atoms with E-state index in [4.69, 9.17) is 4.74 Å². The van der Waals surface area contributed by atoms with Crippen LogP contribution >= 0.6 is 0 Å². The first-order chi connectivity index (χ1) is 10.0. The van der Waals surface area contributed by atoms with E-state index in [1.54, 1.807) is 6.92 Å². The van der Waals surface area contributed by atoms with Crippen molar-refractivity contribution in [1.29, 1.82) is 0 Å². The average molecular weight is 294 g/mol. The van der Waals surface area contributed by atoms with Crippen LogP contribution in [0.1, 0.15) is 40.5 Å². The van der Waals surface area contributed by atoms with Crippen LogP contribution in [0.3, 0.4) is 0 Å². The Kier molecular flexibility index (Phi) is 4.67. The molecule has 0 fully saturated rings. The van der Waals surface area contributed by atoms with Gasteiger partial charge in [-0.15, -0.1) is 0 Å². The zero-order chi connectivity index (χ0) is 15.4. The van der Waals surface area contributed by atoms with E-state index in [1.165, 1.54) is 0 Å². The predicted octanol–water partition coefficient (Wildman–Crippen LogP) is 3.35. The highest BCUT2D eigenvalue weighted by molar-refractivity contribution is 5.90. The fraction of sp³-hybridized carbons (Fsp3) is 0.333. The molecule has 0 aliphatic carbocycles. The van der Waals surface area contributed by atoms with E-state index in [0.717, 1.165) is 22.0 Å². The Morgan fingerprint density at radius 2 is 2.19 bits per heavy atom. The number of carbonyl (C=O) groups is 1. The molecule has 0 saturated heterocycles. The first kappa shape index (κ1) is 15.2. The smallest absolute Gasteiger partial charge is 0.341 e. The minimum absolute atomic E-state index is 0.130. The van der Waals surface area contributed by atoms with Crippen LogP contribution in [0.15, 0.2) is 30.5 Å². The summed E-state index contributed by atoms with van der Waals surface area (Å²) in [6.45, 7) is 3.85. The number of esters is 1. The number of alkyl halides is 2. The first-order valence-electron chi connectivity index (χ1n) is 6.59. The molecule has 1 heterocycles. The second-order valence-electron chi connectivity index (χ2n) is 4.61. The number of hydrogen-bond acceptors (Lipinski definition) is 3. The van der Waals surface area contributed by atoms with Crippen molar-refractivity contribution in [2.75, 3.05) is 6.61 Å². The number of benzene rings is 1. The Bertz CT molecular complexity index is 638. The van der Waals surface area contributed by atoms with Gasteiger partial charge in [0, 0.05) is 0 Å². The van der Waals surface area contributed by atoms with Crippen molar-refractivity contribution in [3.63, 3.8) is 0 Å². The molecule has 0 saturated carbocycles. The Hall–Kier alpha value is -2.24. The summed E-state index contributed by atoms with van der Waals surface area (Å²) in [6, 6.07) is 7.49. The van der Waals surface area contributed by atoms with E-state index >= 15 is 0 Å². The molecule has 0 aliphatic heterocycles. The van der Waals surface area contributed by atoms with Gasteiger partial charge in [-0.05, 0) is 19.4 Å². The van der Waals surface area contributed by atoms with Crippen LogP contribution in [-0.4, -0.2) is 22.4 Å². The summed E-state index contributed by atoms with van der Waals surface area (Å²) < 4.78 is 32.4. The second-order valence-corrected chi connectivity index (χ2v) is 4.61. The van der Waals surface area contributed by atoms with E-state index in [-0.39, 0.29) is 18.7 Å². The van der Waals surface area contributed by atoms with Crippen LogP contribution in [0.25, 0.3) is 0 Å². The molecule has 112 valence electrons. The molecular formula is C15H16F2N2O2. The van der Waals surface area contributed by atoms with E-state index in [9.17, 15) is 13.6 Å². The molecule has 0 bridgehead atoms. The molecule has 0 aliphatic rings. The van der Waals surface area contributed by atoms with Crippen LogP contribution in [-0.2, 0) is 11.3 Å². The average Bonchev–Trinajstić information content (AvgIpc) is 2.83. The Morgan fingerprint density at radius 1 is 1.43 bits per heavy atom. The summed E-state index contributed by atoms with van der Waals surface area (Å²) in [4.78, 5) is 11.7. The van der Waals surface area contributed by atoms with Gasteiger partial charge in [0.25, 0.3) is 6.43 Å². The lowest BCUT2D eigenvalue weighted by molar-refractivity contribution is 0.0513. The molecule has 0 amide bonds. The molecule has 0 unspecified atom stereocenters. The molecule has 21 heavy (non-hydrogen) atoms. The summed E-state index contributed by atoms with van der Waals surface area (Å²) in [5.41, 5.74) is 1.29. The van der Waals surface area contributed by atoms with Crippen LogP contribution in [0.2, 0.25) is 0 Å². The molecule has 0 N–H and O–H groups in total. The van der Waals surface area contributed by atoms with E-state index in [1.807, 2.05) is 31.2 Å². The van der Waals surface area contributed by atoms with E-state index < -0.39 is 18.1 Å². The molecule has 1 aromatic carbocycles. The van der Waals surface area contributed by atoms with Crippen molar-refractivity contribution in [3.8, 4) is 0 Å². The third-order valence-electron chi connectivity index (χ3n) is 3.00. The van der Waals surface area contributed by atoms with Gasteiger partial charge in [0.1, 0.15) is 11.3 Å². The third kappa shape index (κ3) is 3.45. The van der Waals surface area contributed by atoms with Gasteiger partial charge in [0.2, 0.25) is 0 Å². The molecule has 1 aromatic heterocycles. The summed E-state index contributed by atoms with van der Waals surface area (Å²) in [5, 5.41) is 3.90. The van der Waals surface area contributed by atoms with Crippen LogP contribution < -0.4 is 0 Å². The predicted molar refractivity (Wildman–Crippen MR) is 73.4 cm³/mol. The number of hydrogen-bond donors (Lipinski definition) is 0. The summed E-state index contributed by atoms with van der Waals surface area (Å²) in [6.07, 6.45) is -1.66. The van der Waals surface area contributed by atoms with Crippen molar-refractivity contribution in [2.45, 2.75) is 26.8 Å². The number of aromatic nitrogens is 2. The summed E-state index contributed by atoms with van der Waals surface area (Å²) in [5.74, 6) is -0.775. The van der Waals surface area contributed by atoms with Crippen molar-refractivity contribution in [2.24, 2.45) is 0 Å². The third-order valence-corrected chi connectivity index (χ3v) is 3.00. The highest BCUT2D eigenvalue weighted by Crippen LogP contribution is 2.24. The quantitative estimate of drug-likeness (QED) is 0.794. The molecule has 0 atom stereocenters. The largest absolute Gasteiger partial charge is 0.462 e.